The standard InChI is InChI=1S/C27H25ClF3N9/c1-15(2)33-17(4)21-11-19(13-32)10-16(3)25(21)34-18(5)24-12-20(14-39-37-26(35-38-39)27(29,30)31)36-40(24)23-9-7-6-8-22(23)28/h6-12,15H,14H2,1-5H3. The van der Waals surface area contributed by atoms with E-state index in [1.54, 1.807) is 54.1 Å². The molecular weight excluding hydrogens is 543 g/mol. The largest absolute Gasteiger partial charge is 0.455 e. The molecule has 0 amide bonds. The summed E-state index contributed by atoms with van der Waals surface area (Å²) in [6, 6.07) is 14.5. The Morgan fingerprint density at radius 2 is 1.82 bits per heavy atom. The fourth-order valence-corrected chi connectivity index (χ4v) is 4.31. The Morgan fingerprint density at radius 3 is 2.45 bits per heavy atom. The lowest BCUT2D eigenvalue weighted by atomic mass is 10.0. The summed E-state index contributed by atoms with van der Waals surface area (Å²) in [4.78, 5) is 10.4. The molecule has 0 bridgehead atoms. The Kier molecular flexibility index (Phi) is 8.16. The number of aromatic nitrogens is 6. The van der Waals surface area contributed by atoms with Crippen LogP contribution in [0.5, 0.6) is 0 Å². The van der Waals surface area contributed by atoms with Gasteiger partial charge in [-0.3, -0.25) is 9.98 Å². The van der Waals surface area contributed by atoms with Crippen LogP contribution < -0.4 is 0 Å². The molecule has 0 fully saturated rings. The van der Waals surface area contributed by atoms with Gasteiger partial charge >= 0.3 is 6.18 Å². The van der Waals surface area contributed by atoms with E-state index in [9.17, 15) is 18.4 Å². The van der Waals surface area contributed by atoms with E-state index in [0.717, 1.165) is 21.6 Å². The zero-order valence-corrected chi connectivity index (χ0v) is 23.1. The highest BCUT2D eigenvalue weighted by Crippen LogP contribution is 2.30. The van der Waals surface area contributed by atoms with Crippen LogP contribution in [0.25, 0.3) is 5.69 Å². The molecule has 0 spiro atoms. The van der Waals surface area contributed by atoms with Crippen molar-refractivity contribution in [1.29, 1.82) is 5.26 Å². The van der Waals surface area contributed by atoms with E-state index in [2.05, 4.69) is 31.6 Å². The number of hydrogen-bond acceptors (Lipinski definition) is 7. The van der Waals surface area contributed by atoms with Crippen molar-refractivity contribution in [3.63, 3.8) is 0 Å². The van der Waals surface area contributed by atoms with Crippen LogP contribution in [0.3, 0.4) is 0 Å². The minimum Gasteiger partial charge on any atom is -0.287 e. The SMILES string of the molecule is CC(=NC(C)C)c1cc(C#N)cc(C)c1N=C(C)c1cc(Cn2nnc(C(F)(F)F)n2)nn1-c1ccccc1Cl. The number of hydrogen-bond donors (Lipinski definition) is 0. The molecule has 0 saturated carbocycles. The first-order valence-corrected chi connectivity index (χ1v) is 12.6. The summed E-state index contributed by atoms with van der Waals surface area (Å²) < 4.78 is 40.5. The number of tetrazole rings is 1. The van der Waals surface area contributed by atoms with Gasteiger partial charge in [-0.2, -0.15) is 28.3 Å². The van der Waals surface area contributed by atoms with Gasteiger partial charge in [-0.1, -0.05) is 23.7 Å². The van der Waals surface area contributed by atoms with Crippen molar-refractivity contribution in [1.82, 2.24) is 30.0 Å². The summed E-state index contributed by atoms with van der Waals surface area (Å²) in [5.74, 6) is -1.33. The van der Waals surface area contributed by atoms with Gasteiger partial charge in [0.25, 0.3) is 5.82 Å². The lowest BCUT2D eigenvalue weighted by molar-refractivity contribution is -0.145. The molecule has 2 heterocycles. The zero-order valence-electron chi connectivity index (χ0n) is 22.4. The average Bonchev–Trinajstić information content (AvgIpc) is 3.52. The second-order valence-corrected chi connectivity index (χ2v) is 9.74. The van der Waals surface area contributed by atoms with E-state index < -0.39 is 12.0 Å². The van der Waals surface area contributed by atoms with Gasteiger partial charge in [0, 0.05) is 17.3 Å². The first kappa shape index (κ1) is 28.6. The number of nitrogens with zero attached hydrogens (tertiary/aromatic N) is 9. The van der Waals surface area contributed by atoms with E-state index in [-0.39, 0.29) is 12.6 Å². The lowest BCUT2D eigenvalue weighted by Crippen LogP contribution is -2.10. The predicted molar refractivity (Wildman–Crippen MR) is 146 cm³/mol. The van der Waals surface area contributed by atoms with Gasteiger partial charge in [0.2, 0.25) is 0 Å². The molecular formula is C27H25ClF3N9. The van der Waals surface area contributed by atoms with Gasteiger partial charge in [-0.05, 0) is 75.7 Å². The Morgan fingerprint density at radius 1 is 1.10 bits per heavy atom. The molecule has 0 unspecified atom stereocenters. The summed E-state index contributed by atoms with van der Waals surface area (Å²) in [5.41, 5.74) is 5.38. The molecule has 0 saturated heterocycles. The highest BCUT2D eigenvalue weighted by Gasteiger charge is 2.36. The number of nitriles is 1. The minimum absolute atomic E-state index is 0.0384. The third kappa shape index (κ3) is 6.26. The molecule has 4 aromatic rings. The van der Waals surface area contributed by atoms with Crippen LogP contribution in [0.4, 0.5) is 18.9 Å². The van der Waals surface area contributed by atoms with Crippen molar-refractivity contribution in [3.05, 3.63) is 81.4 Å². The Hall–Kier alpha value is -4.37. The van der Waals surface area contributed by atoms with E-state index in [0.29, 0.717) is 39.1 Å². The molecule has 9 nitrogen and oxygen atoms in total. The number of rotatable bonds is 7. The summed E-state index contributed by atoms with van der Waals surface area (Å²) >= 11 is 6.48. The first-order valence-electron chi connectivity index (χ1n) is 12.2. The van der Waals surface area contributed by atoms with Crippen LogP contribution in [0.15, 0.2) is 52.4 Å². The molecule has 0 aliphatic rings. The van der Waals surface area contributed by atoms with Gasteiger partial charge < -0.3 is 0 Å². The molecule has 40 heavy (non-hydrogen) atoms. The van der Waals surface area contributed by atoms with Crippen molar-refractivity contribution in [2.45, 2.75) is 53.4 Å². The number of para-hydroxylation sites is 1. The fraction of sp³-hybridized carbons (Fsp3) is 0.296. The van der Waals surface area contributed by atoms with Gasteiger partial charge in [0.05, 0.1) is 45.1 Å². The van der Waals surface area contributed by atoms with Crippen LogP contribution in [0, 0.1) is 18.3 Å². The third-order valence-corrected chi connectivity index (χ3v) is 6.09. The highest BCUT2D eigenvalue weighted by atomic mass is 35.5. The van der Waals surface area contributed by atoms with Crippen LogP contribution in [-0.2, 0) is 12.7 Å². The predicted octanol–water partition coefficient (Wildman–Crippen LogP) is 6.12. The molecule has 0 aliphatic heterocycles. The maximum Gasteiger partial charge on any atom is 0.455 e. The molecule has 13 heteroatoms. The van der Waals surface area contributed by atoms with Crippen LogP contribution in [0.2, 0.25) is 5.02 Å². The van der Waals surface area contributed by atoms with Crippen LogP contribution in [0.1, 0.15) is 61.6 Å². The average molecular weight is 568 g/mol. The van der Waals surface area contributed by atoms with Crippen molar-refractivity contribution >= 4 is 28.7 Å². The number of aryl methyl sites for hydroxylation is 1. The number of halogens is 4. The second kappa shape index (κ2) is 11.4. The van der Waals surface area contributed by atoms with Crippen molar-refractivity contribution in [3.8, 4) is 11.8 Å². The van der Waals surface area contributed by atoms with E-state index in [1.807, 2.05) is 27.7 Å². The molecule has 0 atom stereocenters. The van der Waals surface area contributed by atoms with Gasteiger partial charge in [-0.15, -0.1) is 10.2 Å². The van der Waals surface area contributed by atoms with Crippen LogP contribution in [-0.4, -0.2) is 47.5 Å². The van der Waals surface area contributed by atoms with Crippen LogP contribution >= 0.6 is 11.6 Å². The van der Waals surface area contributed by atoms with Crippen molar-refractivity contribution in [2.24, 2.45) is 9.98 Å². The smallest absolute Gasteiger partial charge is 0.287 e. The number of benzene rings is 2. The lowest BCUT2D eigenvalue weighted by Gasteiger charge is -2.13. The number of aliphatic imine (C=N–C) groups is 2. The van der Waals surface area contributed by atoms with Crippen molar-refractivity contribution in [2.75, 3.05) is 0 Å². The molecule has 206 valence electrons. The van der Waals surface area contributed by atoms with E-state index in [4.69, 9.17) is 16.6 Å². The zero-order chi connectivity index (χ0) is 29.2. The van der Waals surface area contributed by atoms with Crippen molar-refractivity contribution < 1.29 is 13.2 Å². The first-order chi connectivity index (χ1) is 18.9. The molecule has 0 radical (unpaired) electrons. The van der Waals surface area contributed by atoms with E-state index >= 15 is 0 Å². The molecule has 4 rings (SSSR count). The molecule has 0 N–H and O–H groups in total. The third-order valence-electron chi connectivity index (χ3n) is 5.77. The maximum atomic E-state index is 13.0. The molecule has 2 aromatic heterocycles. The second-order valence-electron chi connectivity index (χ2n) is 9.33. The highest BCUT2D eigenvalue weighted by molar-refractivity contribution is 6.32. The summed E-state index contributed by atoms with van der Waals surface area (Å²) in [6.07, 6.45) is -4.71. The molecule has 2 aromatic carbocycles. The number of alkyl halides is 3. The van der Waals surface area contributed by atoms with Gasteiger partial charge in [0.15, 0.2) is 0 Å². The maximum absolute atomic E-state index is 13.0. The Balaban J connectivity index is 1.85. The minimum atomic E-state index is -4.71. The Bertz CT molecular complexity index is 1660. The van der Waals surface area contributed by atoms with Gasteiger partial charge in [-0.25, -0.2) is 4.68 Å². The summed E-state index contributed by atoms with van der Waals surface area (Å²) in [5, 5.41) is 24.6. The topological polar surface area (TPSA) is 110 Å². The summed E-state index contributed by atoms with van der Waals surface area (Å²) in [7, 11) is 0. The Labute approximate surface area is 233 Å². The monoisotopic (exact) mass is 567 g/mol. The van der Waals surface area contributed by atoms with E-state index in [1.165, 1.54) is 0 Å². The fourth-order valence-electron chi connectivity index (χ4n) is 4.09. The van der Waals surface area contributed by atoms with Gasteiger partial charge in [0.1, 0.15) is 6.54 Å². The molecule has 0 aliphatic carbocycles. The summed E-state index contributed by atoms with van der Waals surface area (Å²) in [6.45, 7) is 9.29. The normalized spacial score (nSPS) is 12.7. The quantitative estimate of drug-likeness (QED) is 0.250.